The SMILES string of the molecule is COc1ccccc1NC(=O)Nc1cccc(-c2ccc3nnc(-c4ccncc4)n3n2)c1. The van der Waals surface area contributed by atoms with Crippen molar-refractivity contribution >= 4 is 23.1 Å². The normalized spacial score (nSPS) is 10.7. The Morgan fingerprint density at radius 1 is 0.879 bits per heavy atom. The quantitative estimate of drug-likeness (QED) is 0.419. The van der Waals surface area contributed by atoms with Crippen LogP contribution < -0.4 is 15.4 Å². The van der Waals surface area contributed by atoms with Crippen molar-refractivity contribution in [2.75, 3.05) is 17.7 Å². The summed E-state index contributed by atoms with van der Waals surface area (Å²) in [6.45, 7) is 0. The molecule has 9 nitrogen and oxygen atoms in total. The Kier molecular flexibility index (Phi) is 5.34. The number of urea groups is 1. The molecule has 0 aliphatic rings. The number of ether oxygens (including phenoxy) is 1. The van der Waals surface area contributed by atoms with Gasteiger partial charge in [-0.15, -0.1) is 10.2 Å². The molecule has 5 aromatic rings. The number of carbonyl (C=O) groups is 1. The number of nitrogens with zero attached hydrogens (tertiary/aromatic N) is 5. The summed E-state index contributed by atoms with van der Waals surface area (Å²) < 4.78 is 6.97. The molecule has 0 saturated carbocycles. The first-order valence-corrected chi connectivity index (χ1v) is 10.2. The second kappa shape index (κ2) is 8.75. The molecule has 0 aliphatic heterocycles. The molecule has 0 spiro atoms. The number of carbonyl (C=O) groups excluding carboxylic acids is 1. The second-order valence-corrected chi connectivity index (χ2v) is 7.11. The van der Waals surface area contributed by atoms with Crippen LogP contribution in [0.25, 0.3) is 28.3 Å². The summed E-state index contributed by atoms with van der Waals surface area (Å²) in [5.41, 5.74) is 4.26. The van der Waals surface area contributed by atoms with Crippen LogP contribution in [0.5, 0.6) is 5.75 Å². The number of benzene rings is 2. The lowest BCUT2D eigenvalue weighted by Gasteiger charge is -2.11. The molecule has 0 aliphatic carbocycles. The third-order valence-corrected chi connectivity index (χ3v) is 4.97. The van der Waals surface area contributed by atoms with E-state index in [0.717, 1.165) is 11.1 Å². The molecular weight excluding hydrogens is 418 g/mol. The van der Waals surface area contributed by atoms with Gasteiger partial charge in [-0.25, -0.2) is 4.79 Å². The summed E-state index contributed by atoms with van der Waals surface area (Å²) in [5, 5.41) is 18.8. The number of aromatic nitrogens is 5. The maximum absolute atomic E-state index is 12.5. The molecule has 162 valence electrons. The van der Waals surface area contributed by atoms with E-state index >= 15 is 0 Å². The van der Waals surface area contributed by atoms with Gasteiger partial charge >= 0.3 is 6.03 Å². The average Bonchev–Trinajstić information content (AvgIpc) is 3.28. The highest BCUT2D eigenvalue weighted by Gasteiger charge is 2.12. The van der Waals surface area contributed by atoms with Crippen molar-refractivity contribution in [2.24, 2.45) is 0 Å². The van der Waals surface area contributed by atoms with Gasteiger partial charge in [-0.05, 0) is 48.5 Å². The second-order valence-electron chi connectivity index (χ2n) is 7.11. The Balaban J connectivity index is 1.40. The summed E-state index contributed by atoms with van der Waals surface area (Å²) in [6.07, 6.45) is 3.40. The number of rotatable bonds is 5. The standard InChI is InChI=1S/C24H19N7O2/c1-33-21-8-3-2-7-20(21)27-24(32)26-18-6-4-5-17(15-18)19-9-10-22-28-29-23(31(22)30-19)16-11-13-25-14-12-16/h2-15H,1H3,(H2,26,27,32). The van der Waals surface area contributed by atoms with Gasteiger partial charge in [0.15, 0.2) is 11.5 Å². The monoisotopic (exact) mass is 437 g/mol. The van der Waals surface area contributed by atoms with E-state index in [2.05, 4.69) is 25.8 Å². The smallest absolute Gasteiger partial charge is 0.323 e. The first-order chi connectivity index (χ1) is 16.2. The molecule has 9 heteroatoms. The van der Waals surface area contributed by atoms with E-state index in [1.807, 2.05) is 60.7 Å². The van der Waals surface area contributed by atoms with Crippen molar-refractivity contribution in [3.05, 3.63) is 85.2 Å². The number of methoxy groups -OCH3 is 1. The molecule has 3 heterocycles. The van der Waals surface area contributed by atoms with Crippen LogP contribution in [0.1, 0.15) is 0 Å². The van der Waals surface area contributed by atoms with Crippen molar-refractivity contribution in [1.82, 2.24) is 24.8 Å². The van der Waals surface area contributed by atoms with Crippen LogP contribution in [0, 0.1) is 0 Å². The summed E-state index contributed by atoms with van der Waals surface area (Å²) in [5.74, 6) is 1.21. The van der Waals surface area contributed by atoms with E-state index < -0.39 is 0 Å². The van der Waals surface area contributed by atoms with Gasteiger partial charge in [-0.1, -0.05) is 24.3 Å². The molecule has 2 amide bonds. The zero-order chi connectivity index (χ0) is 22.6. The number of anilines is 2. The van der Waals surface area contributed by atoms with Gasteiger partial charge in [-0.2, -0.15) is 9.61 Å². The molecule has 0 bridgehead atoms. The summed E-state index contributed by atoms with van der Waals surface area (Å²) in [4.78, 5) is 16.6. The van der Waals surface area contributed by atoms with Gasteiger partial charge in [0.05, 0.1) is 18.5 Å². The Labute approximate surface area is 189 Å². The highest BCUT2D eigenvalue weighted by Crippen LogP contribution is 2.25. The van der Waals surface area contributed by atoms with Gasteiger partial charge in [-0.3, -0.25) is 4.98 Å². The minimum absolute atomic E-state index is 0.376. The minimum Gasteiger partial charge on any atom is -0.495 e. The fraction of sp³-hybridized carbons (Fsp3) is 0.0417. The molecule has 33 heavy (non-hydrogen) atoms. The highest BCUT2D eigenvalue weighted by molar-refractivity contribution is 6.01. The maximum atomic E-state index is 12.5. The van der Waals surface area contributed by atoms with Crippen molar-refractivity contribution in [3.8, 4) is 28.4 Å². The summed E-state index contributed by atoms with van der Waals surface area (Å²) in [7, 11) is 1.56. The van der Waals surface area contributed by atoms with Crippen molar-refractivity contribution < 1.29 is 9.53 Å². The van der Waals surface area contributed by atoms with Crippen molar-refractivity contribution in [1.29, 1.82) is 0 Å². The molecule has 0 radical (unpaired) electrons. The molecule has 2 N–H and O–H groups in total. The van der Waals surface area contributed by atoms with E-state index in [1.165, 1.54) is 0 Å². The fourth-order valence-corrected chi connectivity index (χ4v) is 3.41. The predicted molar refractivity (Wildman–Crippen MR) is 125 cm³/mol. The molecule has 0 unspecified atom stereocenters. The van der Waals surface area contributed by atoms with Gasteiger partial charge in [0.25, 0.3) is 0 Å². The van der Waals surface area contributed by atoms with Gasteiger partial charge in [0.1, 0.15) is 5.75 Å². The predicted octanol–water partition coefficient (Wildman–Crippen LogP) is 4.51. The third-order valence-electron chi connectivity index (χ3n) is 4.97. The molecule has 5 rings (SSSR count). The minimum atomic E-state index is -0.376. The van der Waals surface area contributed by atoms with Crippen LogP contribution in [0.2, 0.25) is 0 Å². The van der Waals surface area contributed by atoms with E-state index in [4.69, 9.17) is 9.84 Å². The largest absolute Gasteiger partial charge is 0.495 e. The number of amides is 2. The number of para-hydroxylation sites is 2. The lowest BCUT2D eigenvalue weighted by molar-refractivity contribution is 0.262. The van der Waals surface area contributed by atoms with E-state index in [-0.39, 0.29) is 6.03 Å². The first-order valence-electron chi connectivity index (χ1n) is 10.2. The number of hydrogen-bond donors (Lipinski definition) is 2. The van der Waals surface area contributed by atoms with Crippen LogP contribution in [0.4, 0.5) is 16.2 Å². The third kappa shape index (κ3) is 4.19. The van der Waals surface area contributed by atoms with E-state index in [0.29, 0.717) is 34.3 Å². The molecule has 2 aromatic carbocycles. The summed E-state index contributed by atoms with van der Waals surface area (Å²) in [6, 6.07) is 21.7. The van der Waals surface area contributed by atoms with Crippen LogP contribution >= 0.6 is 0 Å². The average molecular weight is 437 g/mol. The van der Waals surface area contributed by atoms with Crippen molar-refractivity contribution in [3.63, 3.8) is 0 Å². The molecule has 0 saturated heterocycles. The molecular formula is C24H19N7O2. The van der Waals surface area contributed by atoms with E-state index in [1.54, 1.807) is 36.2 Å². The Morgan fingerprint density at radius 3 is 2.58 bits per heavy atom. The van der Waals surface area contributed by atoms with Crippen LogP contribution in [0.15, 0.2) is 85.2 Å². The lowest BCUT2D eigenvalue weighted by Crippen LogP contribution is -2.19. The first kappa shape index (κ1) is 20.1. The number of pyridine rings is 1. The van der Waals surface area contributed by atoms with Crippen LogP contribution in [-0.4, -0.2) is 37.9 Å². The topological polar surface area (TPSA) is 106 Å². The summed E-state index contributed by atoms with van der Waals surface area (Å²) >= 11 is 0. The fourth-order valence-electron chi connectivity index (χ4n) is 3.41. The van der Waals surface area contributed by atoms with Crippen LogP contribution in [-0.2, 0) is 0 Å². The van der Waals surface area contributed by atoms with Gasteiger partial charge < -0.3 is 15.4 Å². The number of hydrogen-bond acceptors (Lipinski definition) is 6. The molecule has 0 atom stereocenters. The number of nitrogens with one attached hydrogen (secondary N) is 2. The van der Waals surface area contributed by atoms with Gasteiger partial charge in [0.2, 0.25) is 0 Å². The number of fused-ring (bicyclic) bond motifs is 1. The van der Waals surface area contributed by atoms with Crippen LogP contribution in [0.3, 0.4) is 0 Å². The lowest BCUT2D eigenvalue weighted by atomic mass is 10.1. The Morgan fingerprint density at radius 2 is 1.73 bits per heavy atom. The zero-order valence-corrected chi connectivity index (χ0v) is 17.6. The van der Waals surface area contributed by atoms with E-state index in [9.17, 15) is 4.79 Å². The molecule has 3 aromatic heterocycles. The Hall–Kier alpha value is -4.79. The Bertz CT molecular complexity index is 1430. The maximum Gasteiger partial charge on any atom is 0.323 e. The van der Waals surface area contributed by atoms with Gasteiger partial charge in [0, 0.05) is 29.2 Å². The van der Waals surface area contributed by atoms with Crippen molar-refractivity contribution in [2.45, 2.75) is 0 Å². The zero-order valence-electron chi connectivity index (χ0n) is 17.6. The highest BCUT2D eigenvalue weighted by atomic mass is 16.5. The molecule has 0 fully saturated rings.